The molecule has 1 unspecified atom stereocenters. The van der Waals surface area contributed by atoms with E-state index < -0.39 is 14.7 Å². The normalized spacial score (nSPS) is 29.7. The molecule has 0 aromatic heterocycles. The Morgan fingerprint density at radius 3 is 2.38 bits per heavy atom. The molecule has 0 amide bonds. The standard InChI is InChI=1S/C15H15Cl2F3S/c16-12-7-6-11-8-13(10-4-2-1-3-5-10)21(17,14(11)9-12)15(18,19)20/h6-10H,1-5H2. The van der Waals surface area contributed by atoms with E-state index in [4.69, 9.17) is 22.3 Å². The molecule has 21 heavy (non-hydrogen) atoms. The van der Waals surface area contributed by atoms with Crippen LogP contribution in [0.2, 0.25) is 5.02 Å². The monoisotopic (exact) mass is 354 g/mol. The Labute approximate surface area is 133 Å². The van der Waals surface area contributed by atoms with Crippen molar-refractivity contribution in [3.05, 3.63) is 33.7 Å². The summed E-state index contributed by atoms with van der Waals surface area (Å²) in [5, 5.41) is 0.300. The van der Waals surface area contributed by atoms with Crippen molar-refractivity contribution in [1.82, 2.24) is 0 Å². The Kier molecular flexibility index (Phi) is 4.00. The van der Waals surface area contributed by atoms with E-state index in [0.717, 1.165) is 32.1 Å². The minimum atomic E-state index is -4.45. The van der Waals surface area contributed by atoms with Crippen LogP contribution >= 0.6 is 31.5 Å². The summed E-state index contributed by atoms with van der Waals surface area (Å²) in [4.78, 5) is 0.540. The van der Waals surface area contributed by atoms with Gasteiger partial charge in [-0.05, 0) is 67.4 Å². The highest BCUT2D eigenvalue weighted by Gasteiger charge is 2.57. The molecule has 1 aromatic carbocycles. The van der Waals surface area contributed by atoms with Crippen LogP contribution in [-0.4, -0.2) is 5.51 Å². The van der Waals surface area contributed by atoms with Crippen LogP contribution in [-0.2, 0) is 0 Å². The quantitative estimate of drug-likeness (QED) is 0.503. The summed E-state index contributed by atoms with van der Waals surface area (Å²) in [6.07, 6.45) is 6.31. The zero-order chi connectivity index (χ0) is 15.3. The van der Waals surface area contributed by atoms with Crippen molar-refractivity contribution in [3.8, 4) is 0 Å². The molecule has 0 bridgehead atoms. The summed E-state index contributed by atoms with van der Waals surface area (Å²) in [5.41, 5.74) is -3.88. The Hall–Kier alpha value is -0.320. The van der Waals surface area contributed by atoms with Crippen molar-refractivity contribution in [3.63, 3.8) is 0 Å². The number of fused-ring (bicyclic) bond motifs is 1. The second-order valence-electron chi connectivity index (χ2n) is 5.55. The van der Waals surface area contributed by atoms with E-state index in [2.05, 4.69) is 0 Å². The maximum atomic E-state index is 13.8. The number of hydrogen-bond acceptors (Lipinski definition) is 0. The van der Waals surface area contributed by atoms with Gasteiger partial charge in [0.05, 0.1) is 0 Å². The predicted octanol–water partition coefficient (Wildman–Crippen LogP) is 7.11. The highest BCUT2D eigenvalue weighted by atomic mass is 35.7. The van der Waals surface area contributed by atoms with Crippen molar-refractivity contribution in [2.75, 3.05) is 0 Å². The van der Waals surface area contributed by atoms with Crippen LogP contribution in [0.25, 0.3) is 6.08 Å². The molecule has 1 fully saturated rings. The van der Waals surface area contributed by atoms with Gasteiger partial charge in [0.2, 0.25) is 0 Å². The van der Waals surface area contributed by atoms with Crippen LogP contribution in [0, 0.1) is 5.92 Å². The van der Waals surface area contributed by atoms with E-state index in [1.54, 1.807) is 18.2 Å². The van der Waals surface area contributed by atoms with Crippen LogP contribution in [0.5, 0.6) is 0 Å². The molecule has 1 aliphatic carbocycles. The molecule has 0 radical (unpaired) electrons. The SMILES string of the molecule is FC(F)(F)S1(Cl)C(C2CCCCC2)=Cc2ccc(Cl)cc21. The lowest BCUT2D eigenvalue weighted by atomic mass is 9.88. The van der Waals surface area contributed by atoms with Gasteiger partial charge in [-0.25, -0.2) is 0 Å². The first-order chi connectivity index (χ1) is 9.84. The minimum Gasteiger partial charge on any atom is -0.160 e. The molecular weight excluding hydrogens is 340 g/mol. The van der Waals surface area contributed by atoms with E-state index in [9.17, 15) is 13.2 Å². The summed E-state index contributed by atoms with van der Waals surface area (Å²) in [5.74, 6) is -0.0564. The third-order valence-corrected chi connectivity index (χ3v) is 8.72. The van der Waals surface area contributed by atoms with E-state index in [1.165, 1.54) is 6.07 Å². The van der Waals surface area contributed by atoms with Crippen LogP contribution in [0.1, 0.15) is 37.7 Å². The number of rotatable bonds is 1. The molecule has 3 rings (SSSR count). The van der Waals surface area contributed by atoms with Gasteiger partial charge in [0.1, 0.15) is 0 Å². The molecule has 1 saturated carbocycles. The zero-order valence-corrected chi connectivity index (χ0v) is 13.5. The third-order valence-electron chi connectivity index (χ3n) is 4.23. The van der Waals surface area contributed by atoms with E-state index >= 15 is 0 Å². The minimum absolute atomic E-state index is 0.0564. The van der Waals surface area contributed by atoms with Gasteiger partial charge in [-0.3, -0.25) is 0 Å². The zero-order valence-electron chi connectivity index (χ0n) is 11.2. The first kappa shape index (κ1) is 15.6. The number of benzene rings is 1. The van der Waals surface area contributed by atoms with Gasteiger partial charge in [-0.1, -0.05) is 36.9 Å². The summed E-state index contributed by atoms with van der Waals surface area (Å²) in [6, 6.07) is 4.65. The van der Waals surface area contributed by atoms with Crippen molar-refractivity contribution in [2.45, 2.75) is 42.5 Å². The van der Waals surface area contributed by atoms with E-state index in [1.807, 2.05) is 0 Å². The second kappa shape index (κ2) is 5.39. The fourth-order valence-electron chi connectivity index (χ4n) is 3.23. The molecular formula is C15H15Cl2F3S. The largest absolute Gasteiger partial charge is 0.445 e. The third kappa shape index (κ3) is 2.49. The second-order valence-corrected chi connectivity index (χ2v) is 9.82. The average Bonchev–Trinajstić information content (AvgIpc) is 2.74. The number of allylic oxidation sites excluding steroid dienone is 1. The van der Waals surface area contributed by atoms with Gasteiger partial charge in [0.15, 0.2) is 0 Å². The van der Waals surface area contributed by atoms with Crippen molar-refractivity contribution < 1.29 is 13.2 Å². The molecule has 1 atom stereocenters. The molecule has 2 aliphatic rings. The Balaban J connectivity index is 2.11. The first-order valence-electron chi connectivity index (χ1n) is 6.94. The number of alkyl halides is 3. The van der Waals surface area contributed by atoms with Gasteiger partial charge < -0.3 is 0 Å². The van der Waals surface area contributed by atoms with Crippen LogP contribution in [0.15, 0.2) is 28.0 Å². The summed E-state index contributed by atoms with van der Waals surface area (Å²) in [6.45, 7) is 0. The first-order valence-corrected chi connectivity index (χ1v) is 9.78. The highest BCUT2D eigenvalue weighted by Crippen LogP contribution is 2.81. The maximum absolute atomic E-state index is 13.8. The number of halogens is 5. The van der Waals surface area contributed by atoms with Crippen LogP contribution < -0.4 is 0 Å². The van der Waals surface area contributed by atoms with Crippen LogP contribution in [0.4, 0.5) is 13.2 Å². The van der Waals surface area contributed by atoms with Crippen molar-refractivity contribution in [1.29, 1.82) is 0 Å². The summed E-state index contributed by atoms with van der Waals surface area (Å²) < 4.78 is 41.3. The molecule has 1 heterocycles. The van der Waals surface area contributed by atoms with Crippen LogP contribution in [0.3, 0.4) is 0 Å². The summed E-state index contributed by atoms with van der Waals surface area (Å²) >= 11 is 5.90. The molecule has 0 saturated heterocycles. The molecule has 0 N–H and O–H groups in total. The molecule has 1 aliphatic heterocycles. The van der Waals surface area contributed by atoms with Gasteiger partial charge >= 0.3 is 5.51 Å². The molecule has 0 nitrogen and oxygen atoms in total. The highest BCUT2D eigenvalue weighted by molar-refractivity contribution is 8.54. The van der Waals surface area contributed by atoms with Gasteiger partial charge in [0.25, 0.3) is 0 Å². The lowest BCUT2D eigenvalue weighted by Gasteiger charge is -2.38. The average molecular weight is 355 g/mol. The topological polar surface area (TPSA) is 0 Å². The fourth-order valence-corrected chi connectivity index (χ4v) is 6.87. The van der Waals surface area contributed by atoms with Gasteiger partial charge in [0, 0.05) is 9.92 Å². The fraction of sp³-hybridized carbons (Fsp3) is 0.467. The van der Waals surface area contributed by atoms with Crippen molar-refractivity contribution >= 4 is 37.6 Å². The summed E-state index contributed by atoms with van der Waals surface area (Å²) in [7, 11) is 2.79. The molecule has 0 spiro atoms. The predicted molar refractivity (Wildman–Crippen MR) is 83.8 cm³/mol. The van der Waals surface area contributed by atoms with Crippen molar-refractivity contribution in [2.24, 2.45) is 5.92 Å². The maximum Gasteiger partial charge on any atom is 0.445 e. The lowest BCUT2D eigenvalue weighted by Crippen LogP contribution is -2.21. The Bertz CT molecular complexity index is 591. The molecule has 116 valence electrons. The number of hydrogen-bond donors (Lipinski definition) is 0. The molecule has 6 heteroatoms. The lowest BCUT2D eigenvalue weighted by molar-refractivity contribution is -0.0361. The van der Waals surface area contributed by atoms with Gasteiger partial charge in [-0.15, -0.1) is 0 Å². The van der Waals surface area contributed by atoms with E-state index in [-0.39, 0.29) is 10.8 Å². The van der Waals surface area contributed by atoms with Gasteiger partial charge in [-0.2, -0.15) is 13.2 Å². The van der Waals surface area contributed by atoms with E-state index in [0.29, 0.717) is 15.5 Å². The molecule has 1 aromatic rings. The Morgan fingerprint density at radius 1 is 1.10 bits per heavy atom. The smallest absolute Gasteiger partial charge is 0.160 e. The Morgan fingerprint density at radius 2 is 1.76 bits per heavy atom.